The maximum absolute atomic E-state index is 13.0. The smallest absolute Gasteiger partial charge is 0.263 e. The molecule has 0 aromatic heterocycles. The summed E-state index contributed by atoms with van der Waals surface area (Å²) in [6, 6.07) is 10.6. The van der Waals surface area contributed by atoms with E-state index in [4.69, 9.17) is 23.2 Å². The van der Waals surface area contributed by atoms with Gasteiger partial charge in [0.25, 0.3) is 15.9 Å². The molecule has 0 spiro atoms. The van der Waals surface area contributed by atoms with E-state index in [1.54, 1.807) is 23.1 Å². The fraction of sp³-hybridized carbons (Fsp3) is 0.364. The van der Waals surface area contributed by atoms with Gasteiger partial charge in [0.2, 0.25) is 5.91 Å². The van der Waals surface area contributed by atoms with Crippen LogP contribution in [0.15, 0.2) is 47.4 Å². The third-order valence-corrected chi connectivity index (χ3v) is 7.72. The molecular weight excluding hydrogens is 473 g/mol. The Balaban J connectivity index is 1.41. The number of nitrogens with one attached hydrogen (secondary N) is 2. The summed E-state index contributed by atoms with van der Waals surface area (Å²) in [5.74, 6) is 0.108. The second-order valence-corrected chi connectivity index (χ2v) is 10.6. The Morgan fingerprint density at radius 2 is 1.69 bits per heavy atom. The van der Waals surface area contributed by atoms with E-state index in [1.807, 2.05) is 0 Å². The predicted molar refractivity (Wildman–Crippen MR) is 124 cm³/mol. The molecule has 2 aromatic carbocycles. The van der Waals surface area contributed by atoms with Crippen molar-refractivity contribution >= 4 is 50.7 Å². The number of piperidine rings is 1. The normalized spacial score (nSPS) is 17.1. The number of benzene rings is 2. The van der Waals surface area contributed by atoms with Gasteiger partial charge in [-0.05, 0) is 62.1 Å². The zero-order valence-electron chi connectivity index (χ0n) is 17.2. The molecule has 2 aliphatic rings. The van der Waals surface area contributed by atoms with Crippen LogP contribution in [-0.2, 0) is 14.8 Å². The van der Waals surface area contributed by atoms with Crippen molar-refractivity contribution in [2.45, 2.75) is 36.6 Å². The maximum Gasteiger partial charge on any atom is 0.263 e. The lowest BCUT2D eigenvalue weighted by atomic mass is 10.0. The van der Waals surface area contributed by atoms with Gasteiger partial charge in [-0.3, -0.25) is 14.3 Å². The number of amides is 2. The quantitative estimate of drug-likeness (QED) is 0.634. The van der Waals surface area contributed by atoms with Crippen LogP contribution in [0.4, 0.5) is 5.69 Å². The van der Waals surface area contributed by atoms with E-state index < -0.39 is 10.0 Å². The van der Waals surface area contributed by atoms with E-state index in [9.17, 15) is 18.0 Å². The first-order valence-electron chi connectivity index (χ1n) is 10.4. The Morgan fingerprint density at radius 1 is 0.969 bits per heavy atom. The number of carbonyl (C=O) groups excluding carboxylic acids is 2. The van der Waals surface area contributed by atoms with Gasteiger partial charge in [-0.25, -0.2) is 8.42 Å². The molecule has 170 valence electrons. The van der Waals surface area contributed by atoms with Crippen LogP contribution in [0, 0.1) is 5.92 Å². The molecule has 1 saturated carbocycles. The Labute approximate surface area is 197 Å². The Morgan fingerprint density at radius 3 is 2.38 bits per heavy atom. The topological polar surface area (TPSA) is 95.6 Å². The van der Waals surface area contributed by atoms with Crippen molar-refractivity contribution in [3.05, 3.63) is 58.1 Å². The van der Waals surface area contributed by atoms with Crippen molar-refractivity contribution in [2.24, 2.45) is 5.92 Å². The van der Waals surface area contributed by atoms with Crippen LogP contribution in [0.1, 0.15) is 36.0 Å². The average Bonchev–Trinajstić information content (AvgIpc) is 3.61. The fourth-order valence-corrected chi connectivity index (χ4v) is 5.50. The molecule has 1 heterocycles. The number of nitrogens with zero attached hydrogens (tertiary/aromatic N) is 1. The standard InChI is InChI=1S/C22H23Cl2N3O4S/c23-16-6-7-19(24)20(13-16)32(30,31)26-18-3-1-2-15(12-18)22(29)27-10-8-17(9-11-27)25-21(28)14-4-5-14/h1-3,6-7,12-14,17,26H,4-5,8-11H2,(H,25,28). The number of halogens is 2. The Hall–Kier alpha value is -2.29. The number of hydrogen-bond acceptors (Lipinski definition) is 4. The molecule has 32 heavy (non-hydrogen) atoms. The van der Waals surface area contributed by atoms with Gasteiger partial charge in [-0.15, -0.1) is 0 Å². The summed E-state index contributed by atoms with van der Waals surface area (Å²) in [5, 5.41) is 3.36. The van der Waals surface area contributed by atoms with Crippen LogP contribution in [0.25, 0.3) is 0 Å². The van der Waals surface area contributed by atoms with Crippen LogP contribution in [0.5, 0.6) is 0 Å². The van der Waals surface area contributed by atoms with Gasteiger partial charge in [-0.1, -0.05) is 29.3 Å². The molecule has 2 amide bonds. The van der Waals surface area contributed by atoms with Crippen LogP contribution in [0.3, 0.4) is 0 Å². The van der Waals surface area contributed by atoms with Crippen LogP contribution in [0.2, 0.25) is 10.0 Å². The summed E-state index contributed by atoms with van der Waals surface area (Å²) >= 11 is 11.9. The van der Waals surface area contributed by atoms with Crippen molar-refractivity contribution in [1.82, 2.24) is 10.2 Å². The third-order valence-electron chi connectivity index (χ3n) is 5.62. The Bertz CT molecular complexity index is 1140. The summed E-state index contributed by atoms with van der Waals surface area (Å²) in [4.78, 5) is 26.5. The molecule has 2 fully saturated rings. The molecule has 0 radical (unpaired) electrons. The molecule has 2 N–H and O–H groups in total. The highest BCUT2D eigenvalue weighted by molar-refractivity contribution is 7.92. The van der Waals surface area contributed by atoms with Crippen molar-refractivity contribution in [1.29, 1.82) is 0 Å². The molecule has 4 rings (SSSR count). The largest absolute Gasteiger partial charge is 0.353 e. The monoisotopic (exact) mass is 495 g/mol. The number of likely N-dealkylation sites (tertiary alicyclic amines) is 1. The highest BCUT2D eigenvalue weighted by Gasteiger charge is 2.32. The summed E-state index contributed by atoms with van der Waals surface area (Å²) in [5.41, 5.74) is 0.626. The summed E-state index contributed by atoms with van der Waals surface area (Å²) in [6.45, 7) is 1.06. The lowest BCUT2D eigenvalue weighted by Gasteiger charge is -2.32. The number of sulfonamides is 1. The zero-order chi connectivity index (χ0) is 22.9. The van der Waals surface area contributed by atoms with Gasteiger partial charge >= 0.3 is 0 Å². The number of carbonyl (C=O) groups is 2. The fourth-order valence-electron chi connectivity index (χ4n) is 3.68. The molecule has 1 saturated heterocycles. The minimum atomic E-state index is -3.99. The summed E-state index contributed by atoms with van der Waals surface area (Å²) < 4.78 is 28.0. The van der Waals surface area contributed by atoms with Gasteiger partial charge in [0.1, 0.15) is 4.90 Å². The zero-order valence-corrected chi connectivity index (χ0v) is 19.5. The molecule has 0 unspecified atom stereocenters. The van der Waals surface area contributed by atoms with Crippen molar-refractivity contribution in [3.63, 3.8) is 0 Å². The van der Waals surface area contributed by atoms with E-state index in [0.717, 1.165) is 12.8 Å². The lowest BCUT2D eigenvalue weighted by Crippen LogP contribution is -2.46. The first kappa shape index (κ1) is 22.9. The average molecular weight is 496 g/mol. The van der Waals surface area contributed by atoms with E-state index >= 15 is 0 Å². The van der Waals surface area contributed by atoms with Crippen LogP contribution >= 0.6 is 23.2 Å². The molecule has 0 bridgehead atoms. The number of rotatable bonds is 6. The highest BCUT2D eigenvalue weighted by Crippen LogP contribution is 2.30. The van der Waals surface area contributed by atoms with Gasteiger partial charge in [0.15, 0.2) is 0 Å². The summed E-state index contributed by atoms with van der Waals surface area (Å²) in [6.07, 6.45) is 3.33. The maximum atomic E-state index is 13.0. The molecule has 10 heteroatoms. The van der Waals surface area contributed by atoms with Gasteiger partial charge < -0.3 is 10.2 Å². The van der Waals surface area contributed by atoms with E-state index in [1.165, 1.54) is 24.3 Å². The van der Waals surface area contributed by atoms with E-state index in [-0.39, 0.29) is 44.4 Å². The van der Waals surface area contributed by atoms with E-state index in [2.05, 4.69) is 10.0 Å². The molecular formula is C22H23Cl2N3O4S. The lowest BCUT2D eigenvalue weighted by molar-refractivity contribution is -0.123. The van der Waals surface area contributed by atoms with Crippen molar-refractivity contribution < 1.29 is 18.0 Å². The summed E-state index contributed by atoms with van der Waals surface area (Å²) in [7, 11) is -3.99. The second kappa shape index (κ2) is 9.29. The first-order chi connectivity index (χ1) is 15.2. The number of anilines is 1. The minimum absolute atomic E-state index is 0.0470. The van der Waals surface area contributed by atoms with Crippen molar-refractivity contribution in [2.75, 3.05) is 17.8 Å². The SMILES string of the molecule is O=C(NC1CCN(C(=O)c2cccc(NS(=O)(=O)c3cc(Cl)ccc3Cl)c2)CC1)C1CC1. The van der Waals surface area contributed by atoms with Gasteiger partial charge in [0, 0.05) is 41.3 Å². The van der Waals surface area contributed by atoms with Gasteiger partial charge in [0.05, 0.1) is 5.02 Å². The van der Waals surface area contributed by atoms with Gasteiger partial charge in [-0.2, -0.15) is 0 Å². The van der Waals surface area contributed by atoms with Crippen LogP contribution < -0.4 is 10.0 Å². The number of hydrogen-bond donors (Lipinski definition) is 2. The molecule has 1 aliphatic carbocycles. The first-order valence-corrected chi connectivity index (χ1v) is 12.6. The molecule has 2 aromatic rings. The second-order valence-electron chi connectivity index (χ2n) is 8.11. The van der Waals surface area contributed by atoms with E-state index in [0.29, 0.717) is 31.5 Å². The molecule has 0 atom stereocenters. The minimum Gasteiger partial charge on any atom is -0.353 e. The predicted octanol–water partition coefficient (Wildman–Crippen LogP) is 3.93. The Kier molecular flexibility index (Phi) is 6.65. The van der Waals surface area contributed by atoms with Crippen molar-refractivity contribution in [3.8, 4) is 0 Å². The van der Waals surface area contributed by atoms with Crippen LogP contribution in [-0.4, -0.2) is 44.3 Å². The molecule has 7 nitrogen and oxygen atoms in total. The third kappa shape index (κ3) is 5.36. The molecule has 1 aliphatic heterocycles. The highest BCUT2D eigenvalue weighted by atomic mass is 35.5.